The summed E-state index contributed by atoms with van der Waals surface area (Å²) in [7, 11) is 1.69. The number of carboxylic acid groups (broad SMARTS) is 1. The number of rotatable bonds is 6. The van der Waals surface area contributed by atoms with E-state index in [1.165, 1.54) is 9.58 Å². The van der Waals surface area contributed by atoms with Gasteiger partial charge in [-0.15, -0.1) is 0 Å². The van der Waals surface area contributed by atoms with Gasteiger partial charge in [0.05, 0.1) is 18.8 Å². The molecule has 0 unspecified atom stereocenters. The van der Waals surface area contributed by atoms with Crippen molar-refractivity contribution in [2.45, 2.75) is 13.5 Å². The summed E-state index contributed by atoms with van der Waals surface area (Å²) in [5, 5.41) is 13.3. The van der Waals surface area contributed by atoms with Crippen LogP contribution in [0.15, 0.2) is 0 Å². The number of aromatic nitrogens is 2. The summed E-state index contributed by atoms with van der Waals surface area (Å²) in [5.74, 6) is -1.62. The molecule has 1 heterocycles. The van der Waals surface area contributed by atoms with Crippen molar-refractivity contribution in [1.82, 2.24) is 14.7 Å². The maximum atomic E-state index is 10.9. The molecule has 1 aromatic heterocycles. The minimum atomic E-state index is -1.03. The van der Waals surface area contributed by atoms with Gasteiger partial charge in [-0.2, -0.15) is 5.10 Å². The first kappa shape index (κ1) is 14.5. The lowest BCUT2D eigenvalue weighted by Gasteiger charge is -2.18. The molecular formula is C10H15ClN4O3. The van der Waals surface area contributed by atoms with Crippen molar-refractivity contribution in [3.63, 3.8) is 0 Å². The largest absolute Gasteiger partial charge is 0.480 e. The third-order valence-electron chi connectivity index (χ3n) is 2.39. The van der Waals surface area contributed by atoms with Gasteiger partial charge in [0.25, 0.3) is 0 Å². The Morgan fingerprint density at radius 1 is 1.50 bits per heavy atom. The lowest BCUT2D eigenvalue weighted by atomic mass is 10.2. The Balaban J connectivity index is 2.88. The SMILES string of the molecule is Cc1nn(C)c(Cl)c1CN(CC(N)=O)CC(=O)O. The zero-order valence-electron chi connectivity index (χ0n) is 10.2. The van der Waals surface area contributed by atoms with E-state index in [0.29, 0.717) is 16.4 Å². The van der Waals surface area contributed by atoms with Crippen molar-refractivity contribution in [2.75, 3.05) is 13.1 Å². The molecule has 18 heavy (non-hydrogen) atoms. The molecule has 0 saturated heterocycles. The van der Waals surface area contributed by atoms with Crippen molar-refractivity contribution in [1.29, 1.82) is 0 Å². The topological polar surface area (TPSA) is 101 Å². The van der Waals surface area contributed by atoms with Gasteiger partial charge < -0.3 is 10.8 Å². The summed E-state index contributed by atoms with van der Waals surface area (Å²) in [6.07, 6.45) is 0. The number of aryl methyl sites for hydroxylation is 2. The van der Waals surface area contributed by atoms with Gasteiger partial charge in [0.1, 0.15) is 5.15 Å². The predicted molar refractivity (Wildman–Crippen MR) is 65.1 cm³/mol. The molecule has 0 aliphatic rings. The molecule has 3 N–H and O–H groups in total. The van der Waals surface area contributed by atoms with Crippen LogP contribution in [-0.4, -0.2) is 44.8 Å². The molecule has 0 radical (unpaired) electrons. The number of primary amides is 1. The molecule has 0 saturated carbocycles. The molecule has 0 atom stereocenters. The first-order valence-corrected chi connectivity index (χ1v) is 5.59. The van der Waals surface area contributed by atoms with E-state index in [1.807, 2.05) is 0 Å². The lowest BCUT2D eigenvalue weighted by molar-refractivity contribution is -0.138. The van der Waals surface area contributed by atoms with Crippen LogP contribution >= 0.6 is 11.6 Å². The summed E-state index contributed by atoms with van der Waals surface area (Å²) in [6, 6.07) is 0. The summed E-state index contributed by atoms with van der Waals surface area (Å²) < 4.78 is 1.50. The van der Waals surface area contributed by atoms with Crippen LogP contribution in [0.3, 0.4) is 0 Å². The normalized spacial score (nSPS) is 10.9. The first-order valence-electron chi connectivity index (χ1n) is 5.21. The summed E-state index contributed by atoms with van der Waals surface area (Å²) in [4.78, 5) is 23.0. The van der Waals surface area contributed by atoms with Crippen molar-refractivity contribution >= 4 is 23.5 Å². The third kappa shape index (κ3) is 3.71. The number of nitrogens with zero attached hydrogens (tertiary/aromatic N) is 3. The lowest BCUT2D eigenvalue weighted by Crippen LogP contribution is -2.37. The van der Waals surface area contributed by atoms with Gasteiger partial charge >= 0.3 is 5.97 Å². The Bertz CT molecular complexity index is 456. The van der Waals surface area contributed by atoms with E-state index >= 15 is 0 Å². The van der Waals surface area contributed by atoms with Gasteiger partial charge in [0.15, 0.2) is 0 Å². The quantitative estimate of drug-likeness (QED) is 0.745. The molecule has 1 aromatic rings. The second kappa shape index (κ2) is 5.83. The fraction of sp³-hybridized carbons (Fsp3) is 0.500. The van der Waals surface area contributed by atoms with Crippen LogP contribution in [0.1, 0.15) is 11.3 Å². The highest BCUT2D eigenvalue weighted by atomic mass is 35.5. The van der Waals surface area contributed by atoms with Crippen LogP contribution < -0.4 is 5.73 Å². The van der Waals surface area contributed by atoms with Gasteiger partial charge in [-0.25, -0.2) is 0 Å². The standard InChI is InChI=1S/C10H15ClN4O3/c1-6-7(10(11)14(2)13-6)3-15(4-8(12)16)5-9(17)18/h3-5H2,1-2H3,(H2,12,16)(H,17,18). The zero-order chi connectivity index (χ0) is 13.9. The average Bonchev–Trinajstić information content (AvgIpc) is 2.43. The van der Waals surface area contributed by atoms with E-state index in [1.54, 1.807) is 14.0 Å². The van der Waals surface area contributed by atoms with Crippen LogP contribution in [0, 0.1) is 6.92 Å². The number of hydrogen-bond acceptors (Lipinski definition) is 4. The molecule has 8 heteroatoms. The monoisotopic (exact) mass is 274 g/mol. The maximum Gasteiger partial charge on any atom is 0.317 e. The number of hydrogen-bond donors (Lipinski definition) is 2. The van der Waals surface area contributed by atoms with Gasteiger partial charge in [-0.3, -0.25) is 19.2 Å². The van der Waals surface area contributed by atoms with E-state index in [9.17, 15) is 9.59 Å². The van der Waals surface area contributed by atoms with Crippen LogP contribution in [0.25, 0.3) is 0 Å². The van der Waals surface area contributed by atoms with E-state index in [-0.39, 0.29) is 19.6 Å². The number of amides is 1. The highest BCUT2D eigenvalue weighted by Crippen LogP contribution is 2.20. The second-order valence-corrected chi connectivity index (χ2v) is 4.34. The van der Waals surface area contributed by atoms with E-state index in [0.717, 1.165) is 0 Å². The fourth-order valence-electron chi connectivity index (χ4n) is 1.66. The molecule has 0 aliphatic carbocycles. The van der Waals surface area contributed by atoms with Crippen molar-refractivity contribution in [3.8, 4) is 0 Å². The first-order chi connectivity index (χ1) is 8.31. The van der Waals surface area contributed by atoms with Gasteiger partial charge in [0, 0.05) is 19.2 Å². The minimum Gasteiger partial charge on any atom is -0.480 e. The second-order valence-electron chi connectivity index (χ2n) is 3.98. The molecule has 0 aromatic carbocycles. The van der Waals surface area contributed by atoms with E-state index in [2.05, 4.69) is 5.10 Å². The number of carboxylic acids is 1. The molecule has 100 valence electrons. The summed E-state index contributed by atoms with van der Waals surface area (Å²) in [5.41, 5.74) is 6.47. The molecule has 0 aliphatic heterocycles. The summed E-state index contributed by atoms with van der Waals surface area (Å²) >= 11 is 6.04. The highest BCUT2D eigenvalue weighted by molar-refractivity contribution is 6.30. The van der Waals surface area contributed by atoms with E-state index in [4.69, 9.17) is 22.4 Å². The fourth-order valence-corrected chi connectivity index (χ4v) is 1.89. The number of carbonyl (C=O) groups is 2. The van der Waals surface area contributed by atoms with Crippen molar-refractivity contribution in [2.24, 2.45) is 12.8 Å². The number of nitrogens with two attached hydrogens (primary N) is 1. The van der Waals surface area contributed by atoms with Gasteiger partial charge in [0.2, 0.25) is 5.91 Å². The van der Waals surface area contributed by atoms with Crippen LogP contribution in [0.5, 0.6) is 0 Å². The number of halogens is 1. The van der Waals surface area contributed by atoms with Gasteiger partial charge in [-0.1, -0.05) is 11.6 Å². The minimum absolute atomic E-state index is 0.142. The molecule has 0 bridgehead atoms. The number of aliphatic carboxylic acids is 1. The molecular weight excluding hydrogens is 260 g/mol. The van der Waals surface area contributed by atoms with Gasteiger partial charge in [-0.05, 0) is 6.92 Å². The Kier molecular flexibility index (Phi) is 4.69. The zero-order valence-corrected chi connectivity index (χ0v) is 10.9. The average molecular weight is 275 g/mol. The molecule has 1 amide bonds. The molecule has 7 nitrogen and oxygen atoms in total. The highest BCUT2D eigenvalue weighted by Gasteiger charge is 2.18. The van der Waals surface area contributed by atoms with Crippen LogP contribution in [0.4, 0.5) is 0 Å². The Morgan fingerprint density at radius 3 is 2.50 bits per heavy atom. The molecule has 1 rings (SSSR count). The predicted octanol–water partition coefficient (Wildman–Crippen LogP) is -0.246. The Hall–Kier alpha value is -1.60. The Labute approximate surface area is 109 Å². The maximum absolute atomic E-state index is 10.9. The van der Waals surface area contributed by atoms with Crippen molar-refractivity contribution < 1.29 is 14.7 Å². The van der Waals surface area contributed by atoms with E-state index < -0.39 is 11.9 Å². The van der Waals surface area contributed by atoms with Crippen LogP contribution in [-0.2, 0) is 23.2 Å². The molecule has 0 fully saturated rings. The number of carbonyl (C=O) groups excluding carboxylic acids is 1. The van der Waals surface area contributed by atoms with Crippen LogP contribution in [0.2, 0.25) is 5.15 Å². The third-order valence-corrected chi connectivity index (χ3v) is 2.86. The Morgan fingerprint density at radius 2 is 2.11 bits per heavy atom. The van der Waals surface area contributed by atoms with Crippen molar-refractivity contribution in [3.05, 3.63) is 16.4 Å². The smallest absolute Gasteiger partial charge is 0.317 e. The summed E-state index contributed by atoms with van der Waals surface area (Å²) in [6.45, 7) is 1.56. The molecule has 0 spiro atoms.